The van der Waals surface area contributed by atoms with Gasteiger partial charge < -0.3 is 19.4 Å². The van der Waals surface area contributed by atoms with Crippen molar-refractivity contribution >= 4 is 11.6 Å². The molecule has 1 heterocycles. The minimum Gasteiger partial charge on any atom is -0.435 e. The second-order valence-electron chi connectivity index (χ2n) is 3.96. The minimum atomic E-state index is -2.82. The lowest BCUT2D eigenvalue weighted by Gasteiger charge is -2.10. The van der Waals surface area contributed by atoms with Crippen LogP contribution in [0, 0.1) is 0 Å². The fourth-order valence-electron chi connectivity index (χ4n) is 1.65. The molecule has 0 spiro atoms. The van der Waals surface area contributed by atoms with Gasteiger partial charge in [-0.3, -0.25) is 0 Å². The number of ether oxygens (including phenoxy) is 2. The number of nitrogens with one attached hydrogen (secondary N) is 1. The fraction of sp³-hybridized carbons (Fsp3) is 0.308. The molecule has 1 aromatic carbocycles. The van der Waals surface area contributed by atoms with Crippen LogP contribution in [0.5, 0.6) is 5.75 Å². The van der Waals surface area contributed by atoms with Crippen LogP contribution >= 0.6 is 0 Å². The Morgan fingerprint density at radius 1 is 1.30 bits per heavy atom. The van der Waals surface area contributed by atoms with Crippen molar-refractivity contribution in [3.05, 3.63) is 36.7 Å². The van der Waals surface area contributed by atoms with Crippen LogP contribution in [-0.4, -0.2) is 29.9 Å². The summed E-state index contributed by atoms with van der Waals surface area (Å²) >= 11 is 0. The van der Waals surface area contributed by atoms with E-state index < -0.39 is 6.61 Å². The molecule has 108 valence electrons. The Kier molecular flexibility index (Phi) is 4.89. The zero-order valence-electron chi connectivity index (χ0n) is 10.9. The number of aromatic nitrogens is 2. The summed E-state index contributed by atoms with van der Waals surface area (Å²) in [5.41, 5.74) is 0.733. The summed E-state index contributed by atoms with van der Waals surface area (Å²) in [7, 11) is 1.63. The Labute approximate surface area is 115 Å². The fourth-order valence-corrected chi connectivity index (χ4v) is 1.65. The maximum Gasteiger partial charge on any atom is 0.387 e. The molecule has 0 bridgehead atoms. The number of nitrogens with zero attached hydrogens (tertiary/aromatic N) is 2. The zero-order chi connectivity index (χ0) is 14.4. The molecular formula is C13H15F2N3O2. The van der Waals surface area contributed by atoms with E-state index in [2.05, 4.69) is 15.0 Å². The lowest BCUT2D eigenvalue weighted by atomic mass is 10.3. The highest BCUT2D eigenvalue weighted by molar-refractivity contribution is 5.54. The molecule has 0 unspecified atom stereocenters. The van der Waals surface area contributed by atoms with Crippen LogP contribution in [0.1, 0.15) is 0 Å². The Hall–Kier alpha value is -2.15. The van der Waals surface area contributed by atoms with Gasteiger partial charge in [-0.15, -0.1) is 0 Å². The predicted molar refractivity (Wildman–Crippen MR) is 70.5 cm³/mol. The number of hydrogen-bond acceptors (Lipinski definition) is 4. The predicted octanol–water partition coefficient (Wildman–Crippen LogP) is 2.87. The minimum absolute atomic E-state index is 0.119. The van der Waals surface area contributed by atoms with Crippen molar-refractivity contribution in [3.63, 3.8) is 0 Å². The molecule has 1 N–H and O–H groups in total. The maximum atomic E-state index is 12.0. The first-order valence-corrected chi connectivity index (χ1v) is 6.01. The zero-order valence-corrected chi connectivity index (χ0v) is 10.9. The van der Waals surface area contributed by atoms with Gasteiger partial charge in [0.2, 0.25) is 5.95 Å². The summed E-state index contributed by atoms with van der Waals surface area (Å²) in [6.07, 6.45) is 3.50. The highest BCUT2D eigenvalue weighted by Crippen LogP contribution is 2.20. The first-order chi connectivity index (χ1) is 9.69. The molecule has 20 heavy (non-hydrogen) atoms. The monoisotopic (exact) mass is 283 g/mol. The quantitative estimate of drug-likeness (QED) is 0.849. The van der Waals surface area contributed by atoms with Gasteiger partial charge in [0, 0.05) is 31.7 Å². The van der Waals surface area contributed by atoms with Gasteiger partial charge in [0.15, 0.2) is 0 Å². The summed E-state index contributed by atoms with van der Waals surface area (Å²) in [6, 6.07) is 6.23. The van der Waals surface area contributed by atoms with Crippen LogP contribution in [0.3, 0.4) is 0 Å². The largest absolute Gasteiger partial charge is 0.435 e. The molecule has 2 aromatic rings. The van der Waals surface area contributed by atoms with Crippen LogP contribution in [0.2, 0.25) is 0 Å². The van der Waals surface area contributed by atoms with Gasteiger partial charge in [-0.1, -0.05) is 0 Å². The van der Waals surface area contributed by atoms with Crippen molar-refractivity contribution in [1.82, 2.24) is 9.55 Å². The van der Waals surface area contributed by atoms with Crippen molar-refractivity contribution in [2.75, 3.05) is 19.0 Å². The number of benzene rings is 1. The Balaban J connectivity index is 2.01. The summed E-state index contributed by atoms with van der Waals surface area (Å²) < 4.78 is 35.3. The summed E-state index contributed by atoms with van der Waals surface area (Å²) in [6.45, 7) is -1.57. The van der Waals surface area contributed by atoms with Gasteiger partial charge in [0.1, 0.15) is 5.75 Å². The first kappa shape index (κ1) is 14.3. The van der Waals surface area contributed by atoms with Gasteiger partial charge in [0.05, 0.1) is 6.61 Å². The molecule has 1 aromatic heterocycles. The molecular weight excluding hydrogens is 268 g/mol. The van der Waals surface area contributed by atoms with Crippen molar-refractivity contribution in [2.45, 2.75) is 13.2 Å². The van der Waals surface area contributed by atoms with E-state index in [1.165, 1.54) is 12.1 Å². The SMILES string of the molecule is COCCn1ccnc1Nc1ccc(OC(F)F)cc1. The standard InChI is InChI=1S/C13H15F2N3O2/c1-19-9-8-18-7-6-16-13(18)17-10-2-4-11(5-3-10)20-12(14)15/h2-7,12H,8-9H2,1H3,(H,16,17). The van der Waals surface area contributed by atoms with E-state index in [-0.39, 0.29) is 5.75 Å². The Morgan fingerprint density at radius 3 is 2.70 bits per heavy atom. The lowest BCUT2D eigenvalue weighted by molar-refractivity contribution is -0.0498. The van der Waals surface area contributed by atoms with Crippen LogP contribution in [-0.2, 0) is 11.3 Å². The van der Waals surface area contributed by atoms with Gasteiger partial charge in [-0.05, 0) is 24.3 Å². The van der Waals surface area contributed by atoms with Gasteiger partial charge in [-0.25, -0.2) is 4.98 Å². The molecule has 7 heteroatoms. The molecule has 0 aliphatic rings. The number of methoxy groups -OCH3 is 1. The molecule has 0 saturated heterocycles. The molecule has 0 amide bonds. The van der Waals surface area contributed by atoms with Crippen molar-refractivity contribution < 1.29 is 18.3 Å². The molecule has 2 rings (SSSR count). The van der Waals surface area contributed by atoms with E-state index in [1.54, 1.807) is 25.4 Å². The molecule has 0 fully saturated rings. The number of hydrogen-bond donors (Lipinski definition) is 1. The van der Waals surface area contributed by atoms with Crippen LogP contribution in [0.25, 0.3) is 0 Å². The number of anilines is 2. The van der Waals surface area contributed by atoms with Crippen molar-refractivity contribution in [2.24, 2.45) is 0 Å². The van der Waals surface area contributed by atoms with Gasteiger partial charge in [-0.2, -0.15) is 8.78 Å². The second kappa shape index (κ2) is 6.85. The van der Waals surface area contributed by atoms with E-state index >= 15 is 0 Å². The van der Waals surface area contributed by atoms with E-state index in [0.717, 1.165) is 5.69 Å². The Morgan fingerprint density at radius 2 is 2.05 bits per heavy atom. The maximum absolute atomic E-state index is 12.0. The van der Waals surface area contributed by atoms with E-state index in [4.69, 9.17) is 4.74 Å². The van der Waals surface area contributed by atoms with Crippen LogP contribution in [0.15, 0.2) is 36.7 Å². The molecule has 5 nitrogen and oxygen atoms in total. The summed E-state index contributed by atoms with van der Waals surface area (Å²) in [5.74, 6) is 0.776. The number of rotatable bonds is 7. The lowest BCUT2D eigenvalue weighted by Crippen LogP contribution is -2.07. The Bertz CT molecular complexity index is 529. The number of alkyl halides is 2. The molecule has 0 aliphatic heterocycles. The highest BCUT2D eigenvalue weighted by Gasteiger charge is 2.05. The smallest absolute Gasteiger partial charge is 0.387 e. The van der Waals surface area contributed by atoms with Crippen LogP contribution < -0.4 is 10.1 Å². The summed E-state index contributed by atoms with van der Waals surface area (Å²) in [4.78, 5) is 4.18. The molecule has 0 radical (unpaired) electrons. The van der Waals surface area contributed by atoms with Gasteiger partial charge in [0.25, 0.3) is 0 Å². The topological polar surface area (TPSA) is 48.3 Å². The third-order valence-corrected chi connectivity index (χ3v) is 2.59. The summed E-state index contributed by atoms with van der Waals surface area (Å²) in [5, 5.41) is 3.10. The normalized spacial score (nSPS) is 10.8. The van der Waals surface area contributed by atoms with Crippen LogP contribution in [0.4, 0.5) is 20.4 Å². The third-order valence-electron chi connectivity index (χ3n) is 2.59. The van der Waals surface area contributed by atoms with Gasteiger partial charge >= 0.3 is 6.61 Å². The third kappa shape index (κ3) is 3.92. The highest BCUT2D eigenvalue weighted by atomic mass is 19.3. The molecule has 0 saturated carbocycles. The molecule has 0 atom stereocenters. The first-order valence-electron chi connectivity index (χ1n) is 6.01. The van der Waals surface area contributed by atoms with Crippen molar-refractivity contribution in [1.29, 1.82) is 0 Å². The number of halogens is 2. The van der Waals surface area contributed by atoms with E-state index in [9.17, 15) is 8.78 Å². The van der Waals surface area contributed by atoms with E-state index in [1.807, 2.05) is 10.8 Å². The van der Waals surface area contributed by atoms with Crippen molar-refractivity contribution in [3.8, 4) is 5.75 Å². The average Bonchev–Trinajstić information content (AvgIpc) is 2.85. The molecule has 0 aliphatic carbocycles. The second-order valence-corrected chi connectivity index (χ2v) is 3.96. The van der Waals surface area contributed by atoms with E-state index in [0.29, 0.717) is 19.1 Å². The average molecular weight is 283 g/mol. The number of imidazole rings is 1.